The van der Waals surface area contributed by atoms with E-state index in [1.54, 1.807) is 6.92 Å². The standard InChI is InChI=1S/C8H15NO3S/c1-3-5-6-13(11)9-7-8(10)12-4-2/h7H,3-6H2,1-2H3/b9-7+. The molecular formula is C8H15NO3S. The number of carbonyl (C=O) groups is 1. The molecule has 76 valence electrons. The Bertz CT molecular complexity index is 173. The Morgan fingerprint density at radius 2 is 2.31 bits per heavy atom. The fourth-order valence-corrected chi connectivity index (χ4v) is 1.45. The van der Waals surface area contributed by atoms with Crippen molar-refractivity contribution in [2.24, 2.45) is 4.40 Å². The minimum absolute atomic E-state index is 0.312. The van der Waals surface area contributed by atoms with E-state index in [0.29, 0.717) is 12.4 Å². The Kier molecular flexibility index (Phi) is 7.73. The van der Waals surface area contributed by atoms with Gasteiger partial charge in [-0.25, -0.2) is 4.79 Å². The van der Waals surface area contributed by atoms with Gasteiger partial charge >= 0.3 is 5.97 Å². The molecule has 0 fully saturated rings. The molecule has 0 amide bonds. The second-order valence-electron chi connectivity index (χ2n) is 2.37. The van der Waals surface area contributed by atoms with E-state index in [2.05, 4.69) is 9.13 Å². The van der Waals surface area contributed by atoms with Crippen molar-refractivity contribution < 1.29 is 14.1 Å². The molecule has 0 bridgehead atoms. The van der Waals surface area contributed by atoms with E-state index in [1.165, 1.54) is 0 Å². The molecule has 0 aromatic rings. The molecule has 0 N–H and O–H groups in total. The van der Waals surface area contributed by atoms with Crippen LogP contribution in [-0.2, 0) is 20.9 Å². The summed E-state index contributed by atoms with van der Waals surface area (Å²) < 4.78 is 19.1. The molecule has 0 rings (SSSR count). The summed E-state index contributed by atoms with van der Waals surface area (Å²) in [5.41, 5.74) is 0. The fraction of sp³-hybridized carbons (Fsp3) is 0.750. The van der Waals surface area contributed by atoms with Crippen LogP contribution in [0.3, 0.4) is 0 Å². The van der Waals surface area contributed by atoms with Gasteiger partial charge in [0.05, 0.1) is 18.0 Å². The van der Waals surface area contributed by atoms with Crippen molar-refractivity contribution in [3.05, 3.63) is 0 Å². The lowest BCUT2D eigenvalue weighted by molar-refractivity contribution is -0.134. The number of esters is 1. The van der Waals surface area contributed by atoms with Gasteiger partial charge in [-0.1, -0.05) is 17.7 Å². The third-order valence-electron chi connectivity index (χ3n) is 1.23. The minimum atomic E-state index is -1.28. The lowest BCUT2D eigenvalue weighted by Crippen LogP contribution is -2.09. The molecule has 1 unspecified atom stereocenters. The highest BCUT2D eigenvalue weighted by Crippen LogP contribution is 1.97. The number of hydrogen-bond donors (Lipinski definition) is 0. The molecule has 0 aromatic heterocycles. The summed E-state index contributed by atoms with van der Waals surface area (Å²) in [6, 6.07) is 0. The van der Waals surface area contributed by atoms with Crippen molar-refractivity contribution in [1.29, 1.82) is 0 Å². The van der Waals surface area contributed by atoms with Gasteiger partial charge in [-0.2, -0.15) is 0 Å². The quantitative estimate of drug-likeness (QED) is 0.370. The van der Waals surface area contributed by atoms with Gasteiger partial charge in [0, 0.05) is 0 Å². The van der Waals surface area contributed by atoms with E-state index >= 15 is 0 Å². The summed E-state index contributed by atoms with van der Waals surface area (Å²) in [4.78, 5) is 10.7. The average molecular weight is 205 g/mol. The summed E-state index contributed by atoms with van der Waals surface area (Å²) in [6.45, 7) is 4.03. The van der Waals surface area contributed by atoms with Crippen molar-refractivity contribution in [2.75, 3.05) is 12.4 Å². The lowest BCUT2D eigenvalue weighted by Gasteiger charge is -2.00. The van der Waals surface area contributed by atoms with Crippen LogP contribution >= 0.6 is 0 Å². The van der Waals surface area contributed by atoms with Gasteiger partial charge in [0.1, 0.15) is 5.75 Å². The number of carbonyl (C=O) groups excluding carboxylic acids is 1. The molecule has 0 radical (unpaired) electrons. The smallest absolute Gasteiger partial charge is 0.354 e. The zero-order chi connectivity index (χ0) is 10.1. The molecule has 0 aromatic carbocycles. The summed E-state index contributed by atoms with van der Waals surface area (Å²) in [5.74, 6) is -0.0285. The molecule has 0 aliphatic carbocycles. The molecule has 0 spiro atoms. The number of hydrogen-bond acceptors (Lipinski definition) is 4. The Balaban J connectivity index is 3.62. The Hall–Kier alpha value is -0.550. The molecular weight excluding hydrogens is 190 g/mol. The maximum Gasteiger partial charge on any atom is 0.354 e. The Morgan fingerprint density at radius 1 is 1.62 bits per heavy atom. The SMILES string of the molecule is CCCC[S+]([O-])/N=C/C(=O)OCC. The monoisotopic (exact) mass is 205 g/mol. The molecule has 0 saturated heterocycles. The maximum atomic E-state index is 11.0. The molecule has 0 aliphatic rings. The van der Waals surface area contributed by atoms with E-state index in [9.17, 15) is 9.35 Å². The molecule has 0 aliphatic heterocycles. The van der Waals surface area contributed by atoms with Crippen LogP contribution in [-0.4, -0.2) is 29.1 Å². The van der Waals surface area contributed by atoms with Crippen LogP contribution in [0, 0.1) is 0 Å². The molecule has 1 atom stereocenters. The molecule has 5 heteroatoms. The predicted octanol–water partition coefficient (Wildman–Crippen LogP) is 1.08. The number of nitrogens with zero attached hydrogens (tertiary/aromatic N) is 1. The van der Waals surface area contributed by atoms with Gasteiger partial charge in [0.25, 0.3) is 0 Å². The van der Waals surface area contributed by atoms with Gasteiger partial charge in [-0.15, -0.1) is 0 Å². The highest BCUT2D eigenvalue weighted by molar-refractivity contribution is 7.90. The van der Waals surface area contributed by atoms with E-state index in [0.717, 1.165) is 19.1 Å². The first kappa shape index (κ1) is 12.4. The van der Waals surface area contributed by atoms with Crippen LogP contribution in [0.4, 0.5) is 0 Å². The van der Waals surface area contributed by atoms with E-state index in [1.807, 2.05) is 6.92 Å². The minimum Gasteiger partial charge on any atom is -0.591 e. The van der Waals surface area contributed by atoms with Gasteiger partial charge in [-0.05, 0) is 13.3 Å². The van der Waals surface area contributed by atoms with E-state index in [4.69, 9.17) is 0 Å². The molecule has 13 heavy (non-hydrogen) atoms. The van der Waals surface area contributed by atoms with Crippen molar-refractivity contribution in [1.82, 2.24) is 0 Å². The molecule has 0 heterocycles. The zero-order valence-corrected chi connectivity index (χ0v) is 8.80. The number of unbranched alkanes of at least 4 members (excludes halogenated alkanes) is 1. The van der Waals surface area contributed by atoms with Crippen LogP contribution < -0.4 is 0 Å². The third-order valence-corrected chi connectivity index (χ3v) is 2.21. The average Bonchev–Trinajstić information content (AvgIpc) is 2.12. The van der Waals surface area contributed by atoms with Crippen LogP contribution in [0.2, 0.25) is 0 Å². The Labute approximate surface area is 81.7 Å². The molecule has 0 saturated carbocycles. The van der Waals surface area contributed by atoms with Crippen molar-refractivity contribution in [3.8, 4) is 0 Å². The number of rotatable bonds is 6. The first-order valence-corrected chi connectivity index (χ1v) is 5.57. The lowest BCUT2D eigenvalue weighted by atomic mass is 10.4. The van der Waals surface area contributed by atoms with Crippen molar-refractivity contribution in [2.45, 2.75) is 26.7 Å². The Morgan fingerprint density at radius 3 is 2.85 bits per heavy atom. The maximum absolute atomic E-state index is 11.0. The van der Waals surface area contributed by atoms with Gasteiger partial charge in [0.2, 0.25) is 0 Å². The summed E-state index contributed by atoms with van der Waals surface area (Å²) in [6.07, 6.45) is 2.81. The normalized spacial score (nSPS) is 13.2. The third kappa shape index (κ3) is 7.80. The highest BCUT2D eigenvalue weighted by atomic mass is 32.2. The van der Waals surface area contributed by atoms with Crippen LogP contribution in [0.5, 0.6) is 0 Å². The summed E-state index contributed by atoms with van der Waals surface area (Å²) in [7, 11) is 0. The predicted molar refractivity (Wildman–Crippen MR) is 53.0 cm³/mol. The van der Waals surface area contributed by atoms with Gasteiger partial charge < -0.3 is 9.29 Å². The van der Waals surface area contributed by atoms with Crippen LogP contribution in [0.15, 0.2) is 4.40 Å². The van der Waals surface area contributed by atoms with Crippen molar-refractivity contribution >= 4 is 23.5 Å². The van der Waals surface area contributed by atoms with Crippen LogP contribution in [0.1, 0.15) is 26.7 Å². The second kappa shape index (κ2) is 8.07. The van der Waals surface area contributed by atoms with E-state index < -0.39 is 17.3 Å². The first-order valence-electron chi connectivity index (χ1n) is 4.30. The largest absolute Gasteiger partial charge is 0.591 e. The summed E-state index contributed by atoms with van der Waals surface area (Å²) >= 11 is -1.28. The van der Waals surface area contributed by atoms with Gasteiger partial charge in [0.15, 0.2) is 6.21 Å². The fourth-order valence-electron chi connectivity index (χ4n) is 0.602. The van der Waals surface area contributed by atoms with E-state index in [-0.39, 0.29) is 0 Å². The topological polar surface area (TPSA) is 61.7 Å². The molecule has 4 nitrogen and oxygen atoms in total. The van der Waals surface area contributed by atoms with Gasteiger partial charge in [-0.3, -0.25) is 0 Å². The zero-order valence-electron chi connectivity index (χ0n) is 7.99. The summed E-state index contributed by atoms with van der Waals surface area (Å²) in [5, 5.41) is 0. The number of ether oxygens (including phenoxy) is 1. The first-order chi connectivity index (χ1) is 6.20. The second-order valence-corrected chi connectivity index (χ2v) is 3.63. The highest BCUT2D eigenvalue weighted by Gasteiger charge is 2.03. The van der Waals surface area contributed by atoms with Crippen LogP contribution in [0.25, 0.3) is 0 Å². The van der Waals surface area contributed by atoms with Crippen molar-refractivity contribution in [3.63, 3.8) is 0 Å².